The lowest BCUT2D eigenvalue weighted by molar-refractivity contribution is -0.119. The maximum Gasteiger partial charge on any atom is 0.170 e. The fourth-order valence-electron chi connectivity index (χ4n) is 5.22. The maximum atomic E-state index is 13.4. The summed E-state index contributed by atoms with van der Waals surface area (Å²) in [5.41, 5.74) is 2.31. The van der Waals surface area contributed by atoms with Gasteiger partial charge in [0.25, 0.3) is 0 Å². The second-order valence-electron chi connectivity index (χ2n) is 9.71. The second kappa shape index (κ2) is 9.68. The fraction of sp³-hybridized carbons (Fsp3) is 0.333. The van der Waals surface area contributed by atoms with E-state index in [2.05, 4.69) is 0 Å². The highest BCUT2D eigenvalue weighted by atomic mass is 16.5. The van der Waals surface area contributed by atoms with Crippen LogP contribution >= 0.6 is 0 Å². The SMILES string of the molecule is COc1ccc(C2=CC3=NC4=CC(C)(c5ccc(OC)cc5OC)C(O)C=C4OC3C(C)C2=O)c(OC)c1. The Morgan fingerprint density at radius 1 is 0.947 bits per heavy atom. The van der Waals surface area contributed by atoms with Gasteiger partial charge in [-0.05, 0) is 43.4 Å². The van der Waals surface area contributed by atoms with Gasteiger partial charge >= 0.3 is 0 Å². The summed E-state index contributed by atoms with van der Waals surface area (Å²) in [5.74, 6) is 2.30. The number of carbonyl (C=O) groups is 1. The molecule has 1 aliphatic heterocycles. The number of nitrogens with zero attached hydrogens (tertiary/aromatic N) is 1. The highest BCUT2D eigenvalue weighted by Gasteiger charge is 2.44. The third-order valence-electron chi connectivity index (χ3n) is 7.52. The van der Waals surface area contributed by atoms with Gasteiger partial charge in [-0.15, -0.1) is 0 Å². The zero-order valence-electron chi connectivity index (χ0n) is 22.3. The Balaban J connectivity index is 1.61. The molecule has 2 aromatic carbocycles. The van der Waals surface area contributed by atoms with Crippen molar-refractivity contribution in [1.82, 2.24) is 0 Å². The summed E-state index contributed by atoms with van der Waals surface area (Å²) in [7, 11) is 6.31. The van der Waals surface area contributed by atoms with Gasteiger partial charge < -0.3 is 28.8 Å². The van der Waals surface area contributed by atoms with Gasteiger partial charge in [0.15, 0.2) is 11.9 Å². The number of aliphatic hydroxyl groups excluding tert-OH is 1. The second-order valence-corrected chi connectivity index (χ2v) is 9.71. The van der Waals surface area contributed by atoms with Crippen LogP contribution in [-0.4, -0.2) is 57.2 Å². The minimum atomic E-state index is -0.912. The highest BCUT2D eigenvalue weighted by Crippen LogP contribution is 2.45. The van der Waals surface area contributed by atoms with E-state index in [9.17, 15) is 9.90 Å². The third kappa shape index (κ3) is 4.05. The number of benzene rings is 2. The normalized spacial score (nSPS) is 26.0. The maximum absolute atomic E-state index is 13.4. The van der Waals surface area contributed by atoms with Crippen LogP contribution in [0.4, 0.5) is 0 Å². The summed E-state index contributed by atoms with van der Waals surface area (Å²) in [6.45, 7) is 3.75. The summed E-state index contributed by atoms with van der Waals surface area (Å²) >= 11 is 0. The van der Waals surface area contributed by atoms with Gasteiger partial charge in [-0.3, -0.25) is 4.79 Å². The quantitative estimate of drug-likeness (QED) is 0.612. The first-order chi connectivity index (χ1) is 18.2. The van der Waals surface area contributed by atoms with Gasteiger partial charge in [-0.1, -0.05) is 13.0 Å². The van der Waals surface area contributed by atoms with Crippen molar-refractivity contribution < 1.29 is 33.6 Å². The largest absolute Gasteiger partial charge is 0.497 e. The van der Waals surface area contributed by atoms with Crippen LogP contribution in [0.1, 0.15) is 25.0 Å². The summed E-state index contributed by atoms with van der Waals surface area (Å²) < 4.78 is 28.1. The Kier molecular flexibility index (Phi) is 6.53. The molecule has 0 fully saturated rings. The van der Waals surface area contributed by atoms with Crippen molar-refractivity contribution in [1.29, 1.82) is 0 Å². The number of methoxy groups -OCH3 is 4. The molecule has 0 saturated carbocycles. The average Bonchev–Trinajstić information content (AvgIpc) is 2.94. The number of hydrogen-bond donors (Lipinski definition) is 1. The van der Waals surface area contributed by atoms with E-state index < -0.39 is 23.5 Å². The Morgan fingerprint density at radius 3 is 2.26 bits per heavy atom. The van der Waals surface area contributed by atoms with Gasteiger partial charge in [0.05, 0.1) is 46.2 Å². The molecule has 4 atom stereocenters. The molecule has 38 heavy (non-hydrogen) atoms. The van der Waals surface area contributed by atoms with Crippen molar-refractivity contribution >= 4 is 17.1 Å². The third-order valence-corrected chi connectivity index (χ3v) is 7.52. The van der Waals surface area contributed by atoms with E-state index in [0.29, 0.717) is 51.3 Å². The van der Waals surface area contributed by atoms with Crippen LogP contribution < -0.4 is 18.9 Å². The van der Waals surface area contributed by atoms with E-state index in [-0.39, 0.29) is 5.78 Å². The lowest BCUT2D eigenvalue weighted by atomic mass is 9.73. The Morgan fingerprint density at radius 2 is 1.61 bits per heavy atom. The molecule has 8 heteroatoms. The van der Waals surface area contributed by atoms with Crippen molar-refractivity contribution in [3.8, 4) is 23.0 Å². The first-order valence-corrected chi connectivity index (χ1v) is 12.3. The van der Waals surface area contributed by atoms with Gasteiger partial charge in [-0.25, -0.2) is 4.99 Å². The van der Waals surface area contributed by atoms with Gasteiger partial charge in [-0.2, -0.15) is 0 Å². The van der Waals surface area contributed by atoms with Crippen LogP contribution in [0.5, 0.6) is 23.0 Å². The molecule has 0 bridgehead atoms. The standard InChI is InChI=1S/C30H31NO7/c1-16-28(33)20(19-9-7-17(34-3)11-24(19)36-5)13-22-29(16)38-26-14-27(32)30(2,15-23(26)31-22)21-10-8-18(35-4)12-25(21)37-6/h7-16,27,29,32H,1-6H3. The molecule has 0 saturated heterocycles. The zero-order chi connectivity index (χ0) is 27.2. The lowest BCUT2D eigenvalue weighted by Crippen LogP contribution is -2.43. The summed E-state index contributed by atoms with van der Waals surface area (Å²) in [6.07, 6.45) is 3.84. The summed E-state index contributed by atoms with van der Waals surface area (Å²) in [6, 6.07) is 10.9. The van der Waals surface area contributed by atoms with Gasteiger partial charge in [0, 0.05) is 34.2 Å². The van der Waals surface area contributed by atoms with Crippen LogP contribution in [0, 0.1) is 5.92 Å². The van der Waals surface area contributed by atoms with Crippen LogP contribution in [0.2, 0.25) is 0 Å². The van der Waals surface area contributed by atoms with Crippen LogP contribution in [0.15, 0.2) is 71.1 Å². The van der Waals surface area contributed by atoms with Crippen LogP contribution in [0.3, 0.4) is 0 Å². The molecule has 0 aromatic heterocycles. The molecule has 0 amide bonds. The van der Waals surface area contributed by atoms with E-state index >= 15 is 0 Å². The Bertz CT molecular complexity index is 1420. The van der Waals surface area contributed by atoms with Crippen LogP contribution in [-0.2, 0) is 14.9 Å². The summed E-state index contributed by atoms with van der Waals surface area (Å²) in [5, 5.41) is 11.2. The number of aliphatic hydroxyl groups is 1. The first kappa shape index (κ1) is 25.6. The van der Waals surface area contributed by atoms with Crippen molar-refractivity contribution in [2.75, 3.05) is 28.4 Å². The van der Waals surface area contributed by atoms with Crippen molar-refractivity contribution in [3.63, 3.8) is 0 Å². The molecule has 2 aliphatic carbocycles. The van der Waals surface area contributed by atoms with E-state index in [1.807, 2.05) is 38.1 Å². The highest BCUT2D eigenvalue weighted by molar-refractivity contribution is 6.31. The van der Waals surface area contributed by atoms with E-state index in [1.54, 1.807) is 58.8 Å². The Labute approximate surface area is 221 Å². The molecular formula is C30H31NO7. The van der Waals surface area contributed by atoms with E-state index in [0.717, 1.165) is 5.56 Å². The smallest absolute Gasteiger partial charge is 0.170 e. The van der Waals surface area contributed by atoms with E-state index in [1.165, 1.54) is 0 Å². The fourth-order valence-corrected chi connectivity index (χ4v) is 5.22. The number of ether oxygens (including phenoxy) is 5. The number of allylic oxidation sites excluding steroid dienone is 1. The average molecular weight is 518 g/mol. The number of aliphatic imine (C=N–C) groups is 1. The summed E-state index contributed by atoms with van der Waals surface area (Å²) in [4.78, 5) is 18.4. The molecule has 198 valence electrons. The predicted octanol–water partition coefficient (Wildman–Crippen LogP) is 4.26. The van der Waals surface area contributed by atoms with Gasteiger partial charge in [0.2, 0.25) is 0 Å². The molecule has 0 radical (unpaired) electrons. The molecule has 0 spiro atoms. The van der Waals surface area contributed by atoms with Crippen molar-refractivity contribution in [3.05, 3.63) is 77.2 Å². The number of ketones is 1. The molecule has 5 rings (SSSR count). The monoisotopic (exact) mass is 517 g/mol. The molecule has 1 heterocycles. The molecular weight excluding hydrogens is 486 g/mol. The topological polar surface area (TPSA) is 95.8 Å². The number of carbonyl (C=O) groups excluding carboxylic acids is 1. The molecule has 2 aromatic rings. The number of fused-ring (bicyclic) bond motifs is 2. The van der Waals surface area contributed by atoms with Crippen LogP contribution in [0.25, 0.3) is 5.57 Å². The van der Waals surface area contributed by atoms with Gasteiger partial charge in [0.1, 0.15) is 34.5 Å². The first-order valence-electron chi connectivity index (χ1n) is 12.3. The molecule has 3 aliphatic rings. The minimum Gasteiger partial charge on any atom is -0.497 e. The van der Waals surface area contributed by atoms with Crippen molar-refractivity contribution in [2.24, 2.45) is 10.9 Å². The Hall–Kier alpha value is -4.04. The van der Waals surface area contributed by atoms with E-state index in [4.69, 9.17) is 28.7 Å². The zero-order valence-corrected chi connectivity index (χ0v) is 22.3. The lowest BCUT2D eigenvalue weighted by Gasteiger charge is -2.40. The number of hydrogen-bond acceptors (Lipinski definition) is 8. The molecule has 1 N–H and O–H groups in total. The number of rotatable bonds is 6. The predicted molar refractivity (Wildman–Crippen MR) is 143 cm³/mol. The molecule has 4 unspecified atom stereocenters. The number of Topliss-reactive ketones (excluding diaryl/α,β-unsaturated/α-hetero) is 1. The van der Waals surface area contributed by atoms with Crippen molar-refractivity contribution in [2.45, 2.75) is 31.5 Å². The molecule has 8 nitrogen and oxygen atoms in total. The minimum absolute atomic E-state index is 0.0744.